The Balaban J connectivity index is 0.00000385. The monoisotopic (exact) mass is 570 g/mol. The van der Waals surface area contributed by atoms with Crippen molar-refractivity contribution in [1.82, 2.24) is 15.1 Å². The first-order valence-electron chi connectivity index (χ1n) is 11.4. The van der Waals surface area contributed by atoms with Gasteiger partial charge in [0, 0.05) is 33.2 Å². The summed E-state index contributed by atoms with van der Waals surface area (Å²) in [4.78, 5) is 9.19. The van der Waals surface area contributed by atoms with Crippen molar-refractivity contribution < 1.29 is 14.2 Å². The van der Waals surface area contributed by atoms with E-state index in [1.807, 2.05) is 18.9 Å². The molecule has 1 saturated heterocycles. The average Bonchev–Trinajstić information content (AvgIpc) is 2.80. The Morgan fingerprint density at radius 2 is 1.76 bits per heavy atom. The van der Waals surface area contributed by atoms with Crippen molar-refractivity contribution in [2.24, 2.45) is 4.99 Å². The third-order valence-electron chi connectivity index (χ3n) is 5.60. The highest BCUT2D eigenvalue weighted by Crippen LogP contribution is 2.15. The fourth-order valence-corrected chi connectivity index (χ4v) is 3.66. The Labute approximate surface area is 213 Å². The number of piperidine rings is 1. The van der Waals surface area contributed by atoms with Crippen LogP contribution in [0.4, 0.5) is 4.39 Å². The molecule has 1 aliphatic heterocycles. The fraction of sp³-hybridized carbons (Fsp3) is 0.480. The van der Waals surface area contributed by atoms with E-state index >= 15 is 0 Å². The maximum absolute atomic E-state index is 13.0. The fourth-order valence-electron chi connectivity index (χ4n) is 3.66. The van der Waals surface area contributed by atoms with Crippen LogP contribution in [0.3, 0.4) is 0 Å². The van der Waals surface area contributed by atoms with Gasteiger partial charge in [-0.1, -0.05) is 24.3 Å². The molecule has 1 fully saturated rings. The van der Waals surface area contributed by atoms with Gasteiger partial charge in [0.05, 0.1) is 19.2 Å². The first kappa shape index (κ1) is 27.3. The molecule has 0 radical (unpaired) electrons. The van der Waals surface area contributed by atoms with E-state index in [-0.39, 0.29) is 35.9 Å². The van der Waals surface area contributed by atoms with E-state index in [1.54, 1.807) is 12.1 Å². The van der Waals surface area contributed by atoms with Gasteiger partial charge in [-0.05, 0) is 55.2 Å². The molecule has 0 aromatic heterocycles. The van der Waals surface area contributed by atoms with Gasteiger partial charge < -0.3 is 20.1 Å². The van der Waals surface area contributed by atoms with Crippen LogP contribution in [0.25, 0.3) is 0 Å². The topological polar surface area (TPSA) is 60.3 Å². The summed E-state index contributed by atoms with van der Waals surface area (Å²) in [6.07, 6.45) is 1.59. The molecule has 0 atom stereocenters. The van der Waals surface area contributed by atoms with E-state index in [0.29, 0.717) is 25.4 Å². The number of aliphatic hydroxyl groups is 1. The quantitative estimate of drug-likeness (QED) is 0.273. The number of hydrogen-bond acceptors (Lipinski definition) is 4. The van der Waals surface area contributed by atoms with Crippen LogP contribution >= 0.6 is 24.0 Å². The minimum atomic E-state index is -0.268. The highest BCUT2D eigenvalue weighted by molar-refractivity contribution is 14.0. The largest absolute Gasteiger partial charge is 0.492 e. The smallest absolute Gasteiger partial charge is 0.194 e. The molecule has 1 heterocycles. The minimum absolute atomic E-state index is 0. The molecule has 0 saturated carbocycles. The van der Waals surface area contributed by atoms with Crippen molar-refractivity contribution in [3.8, 4) is 5.75 Å². The van der Waals surface area contributed by atoms with E-state index in [4.69, 9.17) is 9.73 Å². The summed E-state index contributed by atoms with van der Waals surface area (Å²) < 4.78 is 18.7. The van der Waals surface area contributed by atoms with Crippen LogP contribution in [0.1, 0.15) is 30.9 Å². The third kappa shape index (κ3) is 9.46. The molecule has 6 nitrogen and oxygen atoms in total. The zero-order chi connectivity index (χ0) is 22.8. The summed E-state index contributed by atoms with van der Waals surface area (Å²) in [5, 5.41) is 13.0. The SMILES string of the molecule is CCNC(=NCc1ccc(CN2CCC(O)CC2)cc1)N(C)CCOc1ccc(F)cc1.I. The number of ether oxygens (including phenoxy) is 1. The summed E-state index contributed by atoms with van der Waals surface area (Å²) in [5.74, 6) is 1.21. The van der Waals surface area contributed by atoms with Crippen molar-refractivity contribution in [1.29, 1.82) is 0 Å². The van der Waals surface area contributed by atoms with Gasteiger partial charge in [-0.2, -0.15) is 0 Å². The maximum Gasteiger partial charge on any atom is 0.194 e. The second-order valence-electron chi connectivity index (χ2n) is 8.22. The lowest BCUT2D eigenvalue weighted by molar-refractivity contribution is 0.0792. The van der Waals surface area contributed by atoms with E-state index in [0.717, 1.165) is 50.5 Å². The molecule has 8 heteroatoms. The molecule has 2 N–H and O–H groups in total. The van der Waals surface area contributed by atoms with Crippen LogP contribution in [0.5, 0.6) is 5.75 Å². The predicted octanol–water partition coefficient (Wildman–Crippen LogP) is 3.88. The molecule has 33 heavy (non-hydrogen) atoms. The summed E-state index contributed by atoms with van der Waals surface area (Å²) in [5.41, 5.74) is 2.45. The lowest BCUT2D eigenvalue weighted by Gasteiger charge is -2.29. The van der Waals surface area contributed by atoms with Crippen LogP contribution in [0.2, 0.25) is 0 Å². The number of aliphatic imine (C=N–C) groups is 1. The molecular formula is C25H36FIN4O2. The molecule has 2 aromatic rings. The summed E-state index contributed by atoms with van der Waals surface area (Å²) in [7, 11) is 1.98. The zero-order valence-electron chi connectivity index (χ0n) is 19.5. The van der Waals surface area contributed by atoms with Gasteiger partial charge in [0.2, 0.25) is 0 Å². The number of halogens is 2. The van der Waals surface area contributed by atoms with Crippen LogP contribution in [-0.2, 0) is 13.1 Å². The zero-order valence-corrected chi connectivity index (χ0v) is 21.9. The van der Waals surface area contributed by atoms with Gasteiger partial charge in [0.1, 0.15) is 18.2 Å². The Hall–Kier alpha value is -1.91. The van der Waals surface area contributed by atoms with Gasteiger partial charge in [-0.3, -0.25) is 4.90 Å². The van der Waals surface area contributed by atoms with Crippen LogP contribution in [0.15, 0.2) is 53.5 Å². The van der Waals surface area contributed by atoms with E-state index < -0.39 is 0 Å². The van der Waals surface area contributed by atoms with Gasteiger partial charge in [-0.25, -0.2) is 9.38 Å². The second-order valence-corrected chi connectivity index (χ2v) is 8.22. The number of likely N-dealkylation sites (N-methyl/N-ethyl adjacent to an activating group) is 1. The Morgan fingerprint density at radius 3 is 2.39 bits per heavy atom. The Bertz CT molecular complexity index is 840. The normalized spacial score (nSPS) is 15.1. The van der Waals surface area contributed by atoms with Gasteiger partial charge in [-0.15, -0.1) is 24.0 Å². The first-order chi connectivity index (χ1) is 15.5. The minimum Gasteiger partial charge on any atom is -0.492 e. The molecule has 0 unspecified atom stereocenters. The summed E-state index contributed by atoms with van der Waals surface area (Å²) in [6.45, 7) is 7.41. The molecule has 1 aliphatic rings. The van der Waals surface area contributed by atoms with E-state index in [1.165, 1.54) is 17.7 Å². The van der Waals surface area contributed by atoms with Crippen molar-refractivity contribution in [3.63, 3.8) is 0 Å². The number of aliphatic hydroxyl groups excluding tert-OH is 1. The molecule has 2 aromatic carbocycles. The molecular weight excluding hydrogens is 534 g/mol. The summed E-state index contributed by atoms with van der Waals surface area (Å²) >= 11 is 0. The third-order valence-corrected chi connectivity index (χ3v) is 5.60. The molecule has 182 valence electrons. The molecule has 0 spiro atoms. The van der Waals surface area contributed by atoms with Crippen LogP contribution < -0.4 is 10.1 Å². The van der Waals surface area contributed by atoms with Gasteiger partial charge >= 0.3 is 0 Å². The van der Waals surface area contributed by atoms with Crippen molar-refractivity contribution in [2.75, 3.05) is 39.8 Å². The van der Waals surface area contributed by atoms with Crippen molar-refractivity contribution >= 4 is 29.9 Å². The van der Waals surface area contributed by atoms with E-state index in [2.05, 4.69) is 34.5 Å². The first-order valence-corrected chi connectivity index (χ1v) is 11.4. The lowest BCUT2D eigenvalue weighted by Crippen LogP contribution is -2.40. The number of likely N-dealkylation sites (tertiary alicyclic amines) is 1. The molecule has 0 amide bonds. The van der Waals surface area contributed by atoms with E-state index in [9.17, 15) is 9.50 Å². The Morgan fingerprint density at radius 1 is 1.12 bits per heavy atom. The number of guanidine groups is 1. The molecule has 3 rings (SSSR count). The number of nitrogens with zero attached hydrogens (tertiary/aromatic N) is 3. The van der Waals surface area contributed by atoms with Crippen LogP contribution in [-0.4, -0.2) is 66.8 Å². The number of nitrogens with one attached hydrogen (secondary N) is 1. The summed E-state index contributed by atoms with van der Waals surface area (Å²) in [6, 6.07) is 14.7. The molecule has 0 bridgehead atoms. The highest BCUT2D eigenvalue weighted by atomic mass is 127. The Kier molecular flexibility index (Phi) is 11.9. The second kappa shape index (κ2) is 14.4. The predicted molar refractivity (Wildman–Crippen MR) is 142 cm³/mol. The van der Waals surface area contributed by atoms with Crippen LogP contribution in [0, 0.1) is 5.82 Å². The highest BCUT2D eigenvalue weighted by Gasteiger charge is 2.16. The van der Waals surface area contributed by atoms with Crippen molar-refractivity contribution in [3.05, 3.63) is 65.5 Å². The number of rotatable bonds is 9. The maximum atomic E-state index is 13.0. The lowest BCUT2D eigenvalue weighted by atomic mass is 10.1. The number of benzene rings is 2. The van der Waals surface area contributed by atoms with Crippen molar-refractivity contribution in [2.45, 2.75) is 39.0 Å². The molecule has 0 aliphatic carbocycles. The standard InChI is InChI=1S/C25H35FN4O2.HI/c1-3-27-25(29(2)16-17-32-24-10-8-22(26)9-11-24)28-18-20-4-6-21(7-5-20)19-30-14-12-23(31)13-15-30;/h4-11,23,31H,3,12-19H2,1-2H3,(H,27,28);1H. The average molecular weight is 570 g/mol. The number of hydrogen-bond donors (Lipinski definition) is 2. The van der Waals surface area contributed by atoms with Gasteiger partial charge in [0.25, 0.3) is 0 Å². The van der Waals surface area contributed by atoms with Gasteiger partial charge in [0.15, 0.2) is 5.96 Å².